The summed E-state index contributed by atoms with van der Waals surface area (Å²) in [6, 6.07) is 8.69. The van der Waals surface area contributed by atoms with Crippen LogP contribution in [0.15, 0.2) is 36.4 Å². The Morgan fingerprint density at radius 3 is 2.33 bits per heavy atom. The van der Waals surface area contributed by atoms with E-state index in [1.165, 1.54) is 43.3 Å². The lowest BCUT2D eigenvalue weighted by molar-refractivity contribution is 0.0998. The summed E-state index contributed by atoms with van der Waals surface area (Å²) in [5, 5.41) is 2.53. The number of benzene rings is 2. The fraction of sp³-hybridized carbons (Fsp3) is 0.0667. The summed E-state index contributed by atoms with van der Waals surface area (Å²) < 4.78 is 13.9. The average Bonchev–Trinajstić information content (AvgIpc) is 2.43. The van der Waals surface area contributed by atoms with Crippen LogP contribution in [-0.2, 0) is 0 Å². The van der Waals surface area contributed by atoms with Gasteiger partial charge in [-0.05, 0) is 48.9 Å². The topological polar surface area (TPSA) is 98.2 Å². The number of aryl methyl sites for hydroxylation is 1. The molecule has 0 fully saturated rings. The van der Waals surface area contributed by atoms with Crippen LogP contribution < -0.4 is 16.8 Å². The maximum Gasteiger partial charge on any atom is 0.258 e. The first-order chi connectivity index (χ1) is 9.88. The number of carbonyl (C=O) groups is 2. The number of hydrogen-bond acceptors (Lipinski definition) is 3. The summed E-state index contributed by atoms with van der Waals surface area (Å²) in [5.41, 5.74) is 11.9. The number of amides is 2. The Hall–Kier alpha value is -2.89. The molecule has 0 aliphatic heterocycles. The molecule has 0 spiro atoms. The van der Waals surface area contributed by atoms with E-state index in [1.807, 2.05) is 0 Å². The van der Waals surface area contributed by atoms with Gasteiger partial charge in [-0.3, -0.25) is 9.59 Å². The Kier molecular flexibility index (Phi) is 3.89. The van der Waals surface area contributed by atoms with Gasteiger partial charge < -0.3 is 16.8 Å². The van der Waals surface area contributed by atoms with Gasteiger partial charge in [-0.2, -0.15) is 0 Å². The van der Waals surface area contributed by atoms with Crippen LogP contribution in [0.5, 0.6) is 0 Å². The molecule has 2 rings (SSSR count). The number of primary amides is 1. The number of anilines is 2. The number of hydrogen-bond donors (Lipinski definition) is 3. The third kappa shape index (κ3) is 3.17. The fourth-order valence-corrected chi connectivity index (χ4v) is 1.88. The Morgan fingerprint density at radius 1 is 1.14 bits per heavy atom. The fourth-order valence-electron chi connectivity index (χ4n) is 1.88. The number of carbonyl (C=O) groups excluding carboxylic acids is 2. The van der Waals surface area contributed by atoms with Crippen LogP contribution in [-0.4, -0.2) is 11.8 Å². The molecule has 0 atom stereocenters. The minimum Gasteiger partial charge on any atom is -0.399 e. The molecule has 0 heterocycles. The Bertz CT molecular complexity index is 712. The molecule has 5 N–H and O–H groups in total. The molecule has 0 radical (unpaired) electrons. The van der Waals surface area contributed by atoms with Gasteiger partial charge in [0.05, 0.1) is 5.56 Å². The maximum absolute atomic E-state index is 13.9. The van der Waals surface area contributed by atoms with Crippen molar-refractivity contribution in [3.8, 4) is 0 Å². The number of halogens is 1. The van der Waals surface area contributed by atoms with E-state index in [2.05, 4.69) is 5.32 Å². The smallest absolute Gasteiger partial charge is 0.258 e. The van der Waals surface area contributed by atoms with Gasteiger partial charge in [0.15, 0.2) is 0 Å². The van der Waals surface area contributed by atoms with Crippen molar-refractivity contribution < 1.29 is 14.0 Å². The van der Waals surface area contributed by atoms with E-state index >= 15 is 0 Å². The molecular weight excluding hydrogens is 273 g/mol. The van der Waals surface area contributed by atoms with Crippen LogP contribution in [0.25, 0.3) is 0 Å². The number of nitrogens with two attached hydrogens (primary N) is 2. The lowest BCUT2D eigenvalue weighted by Crippen LogP contribution is -2.15. The monoisotopic (exact) mass is 287 g/mol. The van der Waals surface area contributed by atoms with Crippen molar-refractivity contribution in [1.29, 1.82) is 0 Å². The SMILES string of the molecule is Cc1cc(N)cc(C(=O)Nc2ccc(C(N)=O)cc2)c1F. The van der Waals surface area contributed by atoms with Crippen molar-refractivity contribution in [3.63, 3.8) is 0 Å². The van der Waals surface area contributed by atoms with Gasteiger partial charge in [0.25, 0.3) is 5.91 Å². The van der Waals surface area contributed by atoms with Gasteiger partial charge in [0.2, 0.25) is 5.91 Å². The predicted octanol–water partition coefficient (Wildman–Crippen LogP) is 2.07. The van der Waals surface area contributed by atoms with Gasteiger partial charge >= 0.3 is 0 Å². The van der Waals surface area contributed by atoms with E-state index in [0.717, 1.165) is 0 Å². The Labute approximate surface area is 120 Å². The first kappa shape index (κ1) is 14.5. The van der Waals surface area contributed by atoms with Crippen molar-refractivity contribution >= 4 is 23.2 Å². The van der Waals surface area contributed by atoms with Crippen LogP contribution in [0.2, 0.25) is 0 Å². The molecule has 0 aromatic heterocycles. The van der Waals surface area contributed by atoms with Gasteiger partial charge in [0.1, 0.15) is 5.82 Å². The quantitative estimate of drug-likeness (QED) is 0.753. The van der Waals surface area contributed by atoms with Gasteiger partial charge in [-0.1, -0.05) is 0 Å². The third-order valence-corrected chi connectivity index (χ3v) is 2.95. The lowest BCUT2D eigenvalue weighted by Gasteiger charge is -2.09. The van der Waals surface area contributed by atoms with Crippen molar-refractivity contribution in [2.75, 3.05) is 11.1 Å². The van der Waals surface area contributed by atoms with Gasteiger partial charge in [0, 0.05) is 16.9 Å². The zero-order valence-electron chi connectivity index (χ0n) is 11.3. The molecule has 21 heavy (non-hydrogen) atoms. The molecule has 0 saturated heterocycles. The predicted molar refractivity (Wildman–Crippen MR) is 78.5 cm³/mol. The summed E-state index contributed by atoms with van der Waals surface area (Å²) in [5.74, 6) is -1.80. The molecule has 5 nitrogen and oxygen atoms in total. The summed E-state index contributed by atoms with van der Waals surface area (Å²) in [7, 11) is 0. The van der Waals surface area contributed by atoms with Crippen LogP contribution in [0.3, 0.4) is 0 Å². The highest BCUT2D eigenvalue weighted by molar-refractivity contribution is 6.05. The molecule has 2 aromatic carbocycles. The Balaban J connectivity index is 2.24. The number of nitrogen functional groups attached to an aromatic ring is 1. The summed E-state index contributed by atoms with van der Waals surface area (Å²) >= 11 is 0. The first-order valence-corrected chi connectivity index (χ1v) is 6.15. The molecular formula is C15H14FN3O2. The van der Waals surface area contributed by atoms with Gasteiger partial charge in [-0.25, -0.2) is 4.39 Å². The highest BCUT2D eigenvalue weighted by atomic mass is 19.1. The van der Waals surface area contributed by atoms with Crippen molar-refractivity contribution in [2.45, 2.75) is 6.92 Å². The molecule has 0 aliphatic carbocycles. The zero-order chi connectivity index (χ0) is 15.6. The van der Waals surface area contributed by atoms with E-state index in [1.54, 1.807) is 0 Å². The zero-order valence-corrected chi connectivity index (χ0v) is 11.3. The number of rotatable bonds is 3. The molecule has 6 heteroatoms. The lowest BCUT2D eigenvalue weighted by atomic mass is 10.1. The minimum absolute atomic E-state index is 0.133. The molecule has 0 saturated carbocycles. The first-order valence-electron chi connectivity index (χ1n) is 6.15. The molecule has 0 aliphatic rings. The minimum atomic E-state index is -0.616. The second-order valence-electron chi connectivity index (χ2n) is 4.60. The maximum atomic E-state index is 13.9. The number of nitrogens with one attached hydrogen (secondary N) is 1. The van der Waals surface area contributed by atoms with Crippen molar-refractivity contribution in [1.82, 2.24) is 0 Å². The second-order valence-corrected chi connectivity index (χ2v) is 4.60. The van der Waals surface area contributed by atoms with E-state index in [4.69, 9.17) is 11.5 Å². The van der Waals surface area contributed by atoms with Crippen LogP contribution in [0.4, 0.5) is 15.8 Å². The van der Waals surface area contributed by atoms with E-state index < -0.39 is 17.6 Å². The standard InChI is InChI=1S/C15H14FN3O2/c1-8-6-10(17)7-12(13(8)16)15(21)19-11-4-2-9(3-5-11)14(18)20/h2-7H,17H2,1H3,(H2,18,20)(H,19,21). The molecule has 108 valence electrons. The molecule has 2 amide bonds. The average molecular weight is 287 g/mol. The van der Waals surface area contributed by atoms with Crippen LogP contribution in [0, 0.1) is 12.7 Å². The summed E-state index contributed by atoms with van der Waals surface area (Å²) in [6.45, 7) is 1.53. The van der Waals surface area contributed by atoms with Crippen molar-refractivity contribution in [3.05, 3.63) is 58.9 Å². The largest absolute Gasteiger partial charge is 0.399 e. The normalized spacial score (nSPS) is 10.2. The second kappa shape index (κ2) is 5.62. The molecule has 2 aromatic rings. The van der Waals surface area contributed by atoms with Crippen LogP contribution >= 0.6 is 0 Å². The summed E-state index contributed by atoms with van der Waals surface area (Å²) in [6.07, 6.45) is 0. The summed E-state index contributed by atoms with van der Waals surface area (Å²) in [4.78, 5) is 23.0. The molecule has 0 unspecified atom stereocenters. The van der Waals surface area contributed by atoms with E-state index in [0.29, 0.717) is 22.5 Å². The highest BCUT2D eigenvalue weighted by Crippen LogP contribution is 2.19. The third-order valence-electron chi connectivity index (χ3n) is 2.95. The van der Waals surface area contributed by atoms with Gasteiger partial charge in [-0.15, -0.1) is 0 Å². The Morgan fingerprint density at radius 2 is 1.76 bits per heavy atom. The molecule has 0 bridgehead atoms. The van der Waals surface area contributed by atoms with E-state index in [9.17, 15) is 14.0 Å². The van der Waals surface area contributed by atoms with Crippen molar-refractivity contribution in [2.24, 2.45) is 5.73 Å². The van der Waals surface area contributed by atoms with Crippen LogP contribution in [0.1, 0.15) is 26.3 Å². The highest BCUT2D eigenvalue weighted by Gasteiger charge is 2.15. The van der Waals surface area contributed by atoms with E-state index in [-0.39, 0.29) is 5.56 Å².